The first-order valence-electron chi connectivity index (χ1n) is 11.6. The zero-order valence-corrected chi connectivity index (χ0v) is 19.9. The van der Waals surface area contributed by atoms with Gasteiger partial charge in [0.2, 0.25) is 5.91 Å². The molecule has 5 rings (SSSR count). The number of aromatic nitrogens is 1. The highest BCUT2D eigenvalue weighted by molar-refractivity contribution is 8.03. The van der Waals surface area contributed by atoms with Gasteiger partial charge in [-0.05, 0) is 17.9 Å². The number of hydrogen-bond acceptors (Lipinski definition) is 6. The van der Waals surface area contributed by atoms with Crippen LogP contribution in [0.25, 0.3) is 10.9 Å². The molecule has 1 atom stereocenters. The average Bonchev–Trinajstić information content (AvgIpc) is 3.45. The molecule has 176 valence electrons. The van der Waals surface area contributed by atoms with E-state index in [0.29, 0.717) is 42.9 Å². The second-order valence-corrected chi connectivity index (χ2v) is 9.69. The number of hydrogen-bond donors (Lipinski definition) is 0. The normalized spacial score (nSPS) is 17.5. The first-order chi connectivity index (χ1) is 17.1. The van der Waals surface area contributed by atoms with Crippen LogP contribution in [0.1, 0.15) is 22.3 Å². The summed E-state index contributed by atoms with van der Waals surface area (Å²) in [4.78, 5) is 43.1. The number of carbonyl (C=O) groups excluding carboxylic acids is 2. The van der Waals surface area contributed by atoms with Crippen LogP contribution in [-0.4, -0.2) is 52.6 Å². The first-order valence-corrected chi connectivity index (χ1v) is 12.5. The molecule has 1 unspecified atom stereocenters. The predicted molar refractivity (Wildman–Crippen MR) is 138 cm³/mol. The predicted octanol–water partition coefficient (Wildman–Crippen LogP) is 3.42. The Balaban J connectivity index is 1.48. The fourth-order valence-corrected chi connectivity index (χ4v) is 5.63. The summed E-state index contributed by atoms with van der Waals surface area (Å²) < 4.78 is 1.40. The Hall–Kier alpha value is -3.83. The van der Waals surface area contributed by atoms with Crippen molar-refractivity contribution in [3.8, 4) is 6.07 Å². The number of amides is 1. The number of rotatable bonds is 5. The lowest BCUT2D eigenvalue weighted by Gasteiger charge is -2.38. The number of anilines is 1. The summed E-state index contributed by atoms with van der Waals surface area (Å²) in [6, 6.07) is 18.3. The average molecular weight is 485 g/mol. The molecule has 1 fully saturated rings. The van der Waals surface area contributed by atoms with Crippen LogP contribution in [0.5, 0.6) is 0 Å². The zero-order chi connectivity index (χ0) is 24.4. The van der Waals surface area contributed by atoms with E-state index in [2.05, 4.69) is 6.07 Å². The number of ketones is 1. The van der Waals surface area contributed by atoms with Crippen LogP contribution >= 0.6 is 11.8 Å². The number of pyridine rings is 1. The summed E-state index contributed by atoms with van der Waals surface area (Å²) in [5.41, 5.74) is 1.27. The maximum Gasteiger partial charge on any atom is 0.271 e. The van der Waals surface area contributed by atoms with Gasteiger partial charge in [0.05, 0.1) is 23.0 Å². The quantitative estimate of drug-likeness (QED) is 0.516. The molecule has 0 N–H and O–H groups in total. The zero-order valence-electron chi connectivity index (χ0n) is 19.1. The van der Waals surface area contributed by atoms with E-state index in [4.69, 9.17) is 0 Å². The molecule has 2 aliphatic heterocycles. The molecule has 2 aliphatic rings. The molecule has 0 radical (unpaired) electrons. The number of benzene rings is 2. The van der Waals surface area contributed by atoms with Gasteiger partial charge in [-0.25, -0.2) is 0 Å². The Bertz CT molecular complexity index is 1410. The molecule has 0 saturated carbocycles. The number of para-hydroxylation sites is 1. The molecular weight excluding hydrogens is 460 g/mol. The molecule has 2 aromatic carbocycles. The number of Topliss-reactive ketones (excluding diaryl/α,β-unsaturated/α-hetero) is 1. The molecular formula is C27H24N4O3S. The van der Waals surface area contributed by atoms with E-state index in [1.807, 2.05) is 51.6 Å². The lowest BCUT2D eigenvalue weighted by molar-refractivity contribution is -0.130. The highest BCUT2D eigenvalue weighted by atomic mass is 32.2. The van der Waals surface area contributed by atoms with E-state index in [1.165, 1.54) is 4.57 Å². The number of thioether (sulfide) groups is 1. The van der Waals surface area contributed by atoms with E-state index in [0.717, 1.165) is 11.8 Å². The lowest BCUT2D eigenvalue weighted by atomic mass is 10.1. The van der Waals surface area contributed by atoms with E-state index in [1.54, 1.807) is 36.0 Å². The van der Waals surface area contributed by atoms with Gasteiger partial charge in [-0.15, -0.1) is 11.8 Å². The summed E-state index contributed by atoms with van der Waals surface area (Å²) in [7, 11) is 0. The minimum atomic E-state index is -0.475. The lowest BCUT2D eigenvalue weighted by Crippen LogP contribution is -2.51. The van der Waals surface area contributed by atoms with Crippen LogP contribution in [0.4, 0.5) is 5.69 Å². The van der Waals surface area contributed by atoms with Crippen LogP contribution in [0.2, 0.25) is 0 Å². The van der Waals surface area contributed by atoms with Gasteiger partial charge >= 0.3 is 0 Å². The van der Waals surface area contributed by atoms with Crippen molar-refractivity contribution in [3.05, 3.63) is 87.6 Å². The number of piperazine rings is 1. The van der Waals surface area contributed by atoms with E-state index < -0.39 is 5.56 Å². The Morgan fingerprint density at radius 1 is 1.00 bits per heavy atom. The van der Waals surface area contributed by atoms with Crippen molar-refractivity contribution in [1.29, 1.82) is 5.26 Å². The summed E-state index contributed by atoms with van der Waals surface area (Å²) in [6.07, 6.45) is 2.78. The van der Waals surface area contributed by atoms with Gasteiger partial charge in [-0.3, -0.25) is 19.0 Å². The molecule has 7 nitrogen and oxygen atoms in total. The van der Waals surface area contributed by atoms with Crippen molar-refractivity contribution in [1.82, 2.24) is 9.47 Å². The van der Waals surface area contributed by atoms with Crippen molar-refractivity contribution in [2.45, 2.75) is 18.2 Å². The van der Waals surface area contributed by atoms with Gasteiger partial charge in [-0.1, -0.05) is 54.6 Å². The maximum absolute atomic E-state index is 13.5. The molecule has 3 aromatic rings. The van der Waals surface area contributed by atoms with Gasteiger partial charge in [0.1, 0.15) is 11.6 Å². The molecule has 35 heavy (non-hydrogen) atoms. The second kappa shape index (κ2) is 9.80. The van der Waals surface area contributed by atoms with Gasteiger partial charge in [-0.2, -0.15) is 5.26 Å². The Kier molecular flexibility index (Phi) is 6.43. The molecule has 1 amide bonds. The Labute approximate surface area is 207 Å². The fourth-order valence-electron chi connectivity index (χ4n) is 4.73. The third kappa shape index (κ3) is 4.35. The van der Waals surface area contributed by atoms with Crippen molar-refractivity contribution in [2.24, 2.45) is 0 Å². The van der Waals surface area contributed by atoms with Crippen molar-refractivity contribution < 1.29 is 9.59 Å². The van der Waals surface area contributed by atoms with E-state index >= 15 is 0 Å². The fraction of sp³-hybridized carbons (Fsp3) is 0.259. The third-order valence-corrected chi connectivity index (χ3v) is 7.60. The molecule has 1 aromatic heterocycles. The smallest absolute Gasteiger partial charge is 0.271 e. The van der Waals surface area contributed by atoms with Crippen LogP contribution in [0, 0.1) is 11.3 Å². The monoisotopic (exact) mass is 484 g/mol. The van der Waals surface area contributed by atoms with Crippen LogP contribution in [-0.2, 0) is 11.3 Å². The highest BCUT2D eigenvalue weighted by Crippen LogP contribution is 2.31. The van der Waals surface area contributed by atoms with Crippen molar-refractivity contribution in [2.75, 3.05) is 31.1 Å². The van der Waals surface area contributed by atoms with E-state index in [-0.39, 0.29) is 29.0 Å². The number of fused-ring (bicyclic) bond motifs is 1. The maximum atomic E-state index is 13.5. The molecule has 3 heterocycles. The Morgan fingerprint density at radius 3 is 2.40 bits per heavy atom. The molecule has 1 saturated heterocycles. The number of nitriles is 1. The summed E-state index contributed by atoms with van der Waals surface area (Å²) in [6.45, 7) is 1.98. The first kappa shape index (κ1) is 22.9. The second-order valence-electron chi connectivity index (χ2n) is 8.58. The highest BCUT2D eigenvalue weighted by Gasteiger charge is 2.30. The number of carbonyl (C=O) groups is 2. The van der Waals surface area contributed by atoms with Crippen LogP contribution < -0.4 is 10.5 Å². The summed E-state index contributed by atoms with van der Waals surface area (Å²) in [5, 5.41) is 12.7. The van der Waals surface area contributed by atoms with Crippen LogP contribution in [0.15, 0.2) is 70.9 Å². The number of allylic oxidation sites excluding steroid dienone is 1. The summed E-state index contributed by atoms with van der Waals surface area (Å²) in [5.74, 6) is -0.0549. The Morgan fingerprint density at radius 2 is 1.71 bits per heavy atom. The van der Waals surface area contributed by atoms with Gasteiger partial charge in [0.15, 0.2) is 5.78 Å². The molecule has 8 heteroatoms. The third-order valence-electron chi connectivity index (χ3n) is 6.53. The molecule has 0 bridgehead atoms. The number of nitrogens with zero attached hydrogens (tertiary/aromatic N) is 4. The standard InChI is InChI=1S/C27H24N4O3S/c28-17-21-25(29-12-14-30(15-13-29)27(34)24-11-6-16-35-24)20-9-4-5-10-22(20)31(26(21)33)18-23(32)19-7-2-1-3-8-19/h1-10,16,24H,11-15,18H2. The summed E-state index contributed by atoms with van der Waals surface area (Å²) >= 11 is 1.56. The van der Waals surface area contributed by atoms with Crippen molar-refractivity contribution in [3.63, 3.8) is 0 Å². The minimum Gasteiger partial charge on any atom is -0.366 e. The molecule has 0 aliphatic carbocycles. The van der Waals surface area contributed by atoms with Gasteiger partial charge in [0, 0.05) is 37.1 Å². The largest absolute Gasteiger partial charge is 0.366 e. The molecule has 0 spiro atoms. The topological polar surface area (TPSA) is 86.4 Å². The van der Waals surface area contributed by atoms with Crippen LogP contribution in [0.3, 0.4) is 0 Å². The van der Waals surface area contributed by atoms with Gasteiger partial charge < -0.3 is 9.80 Å². The SMILES string of the molecule is N#Cc1c(N2CCN(C(=O)C3CC=CS3)CC2)c2ccccc2n(CC(=O)c2ccccc2)c1=O. The minimum absolute atomic E-state index is 0.0277. The van der Waals surface area contributed by atoms with E-state index in [9.17, 15) is 19.6 Å². The van der Waals surface area contributed by atoms with Gasteiger partial charge in [0.25, 0.3) is 5.56 Å². The van der Waals surface area contributed by atoms with Crippen molar-refractivity contribution >= 4 is 40.0 Å².